The van der Waals surface area contributed by atoms with Crippen LogP contribution in [-0.4, -0.2) is 23.7 Å². The average Bonchev–Trinajstić information content (AvgIpc) is 2.37. The third kappa shape index (κ3) is 2.92. The number of aromatic nitrogens is 1. The van der Waals surface area contributed by atoms with Crippen molar-refractivity contribution < 1.29 is 9.53 Å². The summed E-state index contributed by atoms with van der Waals surface area (Å²) in [6.45, 7) is 0.316. The van der Waals surface area contributed by atoms with E-state index >= 15 is 0 Å². The SMILES string of the molecule is NC(=O)COCCn1c(N)cc2ccccc2c1=O. The molecule has 6 heteroatoms. The van der Waals surface area contributed by atoms with Gasteiger partial charge in [0, 0.05) is 5.39 Å². The zero-order valence-corrected chi connectivity index (χ0v) is 10.3. The molecular weight excluding hydrogens is 246 g/mol. The molecule has 0 radical (unpaired) electrons. The highest BCUT2D eigenvalue weighted by atomic mass is 16.5. The van der Waals surface area contributed by atoms with Gasteiger partial charge in [0.2, 0.25) is 5.91 Å². The maximum atomic E-state index is 12.2. The Morgan fingerprint density at radius 3 is 2.79 bits per heavy atom. The molecule has 0 atom stereocenters. The number of primary amides is 1. The molecule has 0 saturated carbocycles. The van der Waals surface area contributed by atoms with Crippen LogP contribution in [0.4, 0.5) is 5.82 Å². The molecular formula is C13H15N3O3. The van der Waals surface area contributed by atoms with Gasteiger partial charge >= 0.3 is 0 Å². The molecule has 19 heavy (non-hydrogen) atoms. The molecule has 2 aromatic rings. The lowest BCUT2D eigenvalue weighted by molar-refractivity contribution is -0.122. The minimum atomic E-state index is -0.543. The number of hydrogen-bond donors (Lipinski definition) is 2. The zero-order valence-electron chi connectivity index (χ0n) is 10.3. The lowest BCUT2D eigenvalue weighted by Gasteiger charge is -2.11. The van der Waals surface area contributed by atoms with Crippen LogP contribution in [0.15, 0.2) is 35.1 Å². The lowest BCUT2D eigenvalue weighted by Crippen LogP contribution is -2.26. The van der Waals surface area contributed by atoms with Crippen LogP contribution >= 0.6 is 0 Å². The van der Waals surface area contributed by atoms with Crippen LogP contribution < -0.4 is 17.0 Å². The van der Waals surface area contributed by atoms with E-state index in [1.165, 1.54) is 4.57 Å². The first-order valence-electron chi connectivity index (χ1n) is 5.83. The normalized spacial score (nSPS) is 10.7. The first-order valence-corrected chi connectivity index (χ1v) is 5.83. The van der Waals surface area contributed by atoms with E-state index in [0.29, 0.717) is 11.2 Å². The predicted octanol–water partition coefficient (Wildman–Crippen LogP) is 0.0856. The third-order valence-corrected chi connectivity index (χ3v) is 2.75. The maximum Gasteiger partial charge on any atom is 0.260 e. The fourth-order valence-electron chi connectivity index (χ4n) is 1.88. The Morgan fingerprint density at radius 2 is 2.05 bits per heavy atom. The van der Waals surface area contributed by atoms with Crippen molar-refractivity contribution >= 4 is 22.5 Å². The van der Waals surface area contributed by atoms with Gasteiger partial charge in [0.05, 0.1) is 13.2 Å². The number of nitrogen functional groups attached to an aromatic ring is 1. The Bertz CT molecular complexity index is 664. The van der Waals surface area contributed by atoms with Gasteiger partial charge in [-0.3, -0.25) is 14.2 Å². The van der Waals surface area contributed by atoms with Gasteiger partial charge in [-0.2, -0.15) is 0 Å². The molecule has 0 bridgehead atoms. The van der Waals surface area contributed by atoms with Crippen molar-refractivity contribution in [3.8, 4) is 0 Å². The number of benzene rings is 1. The van der Waals surface area contributed by atoms with Gasteiger partial charge in [-0.15, -0.1) is 0 Å². The van der Waals surface area contributed by atoms with Gasteiger partial charge in [0.15, 0.2) is 0 Å². The average molecular weight is 261 g/mol. The summed E-state index contributed by atoms with van der Waals surface area (Å²) in [5.74, 6) is -0.176. The molecule has 1 heterocycles. The largest absolute Gasteiger partial charge is 0.385 e. The van der Waals surface area contributed by atoms with Crippen molar-refractivity contribution in [1.29, 1.82) is 0 Å². The van der Waals surface area contributed by atoms with Crippen LogP contribution in [0, 0.1) is 0 Å². The first kappa shape index (κ1) is 13.1. The van der Waals surface area contributed by atoms with Gasteiger partial charge < -0.3 is 16.2 Å². The van der Waals surface area contributed by atoms with Crippen LogP contribution in [0.1, 0.15) is 0 Å². The van der Waals surface area contributed by atoms with Gasteiger partial charge in [0.25, 0.3) is 5.56 Å². The highest BCUT2D eigenvalue weighted by Gasteiger charge is 2.06. The second kappa shape index (κ2) is 5.53. The van der Waals surface area contributed by atoms with Crippen LogP contribution in [0.3, 0.4) is 0 Å². The second-order valence-electron chi connectivity index (χ2n) is 4.13. The van der Waals surface area contributed by atoms with Crippen molar-refractivity contribution in [2.45, 2.75) is 6.54 Å². The molecule has 0 aliphatic rings. The number of anilines is 1. The topological polar surface area (TPSA) is 100 Å². The number of carbonyl (C=O) groups is 1. The van der Waals surface area contributed by atoms with Crippen LogP contribution in [-0.2, 0) is 16.1 Å². The van der Waals surface area contributed by atoms with E-state index < -0.39 is 5.91 Å². The maximum absolute atomic E-state index is 12.2. The quantitative estimate of drug-likeness (QED) is 0.744. The number of nitrogens with two attached hydrogens (primary N) is 2. The zero-order chi connectivity index (χ0) is 13.8. The van der Waals surface area contributed by atoms with E-state index in [0.717, 1.165) is 5.39 Å². The number of ether oxygens (including phenoxy) is 1. The van der Waals surface area contributed by atoms with Gasteiger partial charge in [-0.25, -0.2) is 0 Å². The lowest BCUT2D eigenvalue weighted by atomic mass is 10.1. The van der Waals surface area contributed by atoms with Crippen LogP contribution in [0.25, 0.3) is 10.8 Å². The Kier molecular flexibility index (Phi) is 3.82. The highest BCUT2D eigenvalue weighted by molar-refractivity contribution is 5.83. The first-order chi connectivity index (χ1) is 9.09. The van der Waals surface area contributed by atoms with Gasteiger partial charge in [-0.1, -0.05) is 18.2 Å². The molecule has 0 unspecified atom stereocenters. The minimum Gasteiger partial charge on any atom is -0.385 e. The van der Waals surface area contributed by atoms with Crippen molar-refractivity contribution in [3.63, 3.8) is 0 Å². The number of rotatable bonds is 5. The number of amides is 1. The summed E-state index contributed by atoms with van der Waals surface area (Å²) in [7, 11) is 0. The Labute approximate surface area is 109 Å². The van der Waals surface area contributed by atoms with E-state index in [1.807, 2.05) is 12.1 Å². The minimum absolute atomic E-state index is 0.164. The number of pyridine rings is 1. The van der Waals surface area contributed by atoms with E-state index in [-0.39, 0.29) is 25.3 Å². The summed E-state index contributed by atoms with van der Waals surface area (Å²) in [5, 5.41) is 1.41. The molecule has 1 amide bonds. The fraction of sp³-hybridized carbons (Fsp3) is 0.231. The molecule has 6 nitrogen and oxygen atoms in total. The molecule has 1 aromatic carbocycles. The molecule has 0 spiro atoms. The van der Waals surface area contributed by atoms with Crippen molar-refractivity contribution in [3.05, 3.63) is 40.7 Å². The number of hydrogen-bond acceptors (Lipinski definition) is 4. The smallest absolute Gasteiger partial charge is 0.260 e. The number of nitrogens with zero attached hydrogens (tertiary/aromatic N) is 1. The van der Waals surface area contributed by atoms with E-state index in [2.05, 4.69) is 0 Å². The van der Waals surface area contributed by atoms with E-state index in [4.69, 9.17) is 16.2 Å². The molecule has 0 saturated heterocycles. The van der Waals surface area contributed by atoms with Gasteiger partial charge in [-0.05, 0) is 17.5 Å². The van der Waals surface area contributed by atoms with Crippen molar-refractivity contribution in [2.24, 2.45) is 5.73 Å². The standard InChI is InChI=1S/C13H15N3O3/c14-11-7-9-3-1-2-4-10(9)13(18)16(11)5-6-19-8-12(15)17/h1-4,7H,5-6,8,14H2,(H2,15,17). The van der Waals surface area contributed by atoms with Crippen LogP contribution in [0.5, 0.6) is 0 Å². The van der Waals surface area contributed by atoms with E-state index in [1.54, 1.807) is 18.2 Å². The van der Waals surface area contributed by atoms with Crippen molar-refractivity contribution in [2.75, 3.05) is 18.9 Å². The second-order valence-corrected chi connectivity index (χ2v) is 4.13. The van der Waals surface area contributed by atoms with Crippen molar-refractivity contribution in [1.82, 2.24) is 4.57 Å². The van der Waals surface area contributed by atoms with Gasteiger partial charge in [0.1, 0.15) is 12.4 Å². The molecule has 0 aliphatic carbocycles. The molecule has 1 aromatic heterocycles. The molecule has 0 aliphatic heterocycles. The summed E-state index contributed by atoms with van der Waals surface area (Å²) >= 11 is 0. The molecule has 4 N–H and O–H groups in total. The number of carbonyl (C=O) groups excluding carboxylic acids is 1. The molecule has 100 valence electrons. The fourth-order valence-corrected chi connectivity index (χ4v) is 1.88. The Balaban J connectivity index is 2.23. The monoisotopic (exact) mass is 261 g/mol. The summed E-state index contributed by atoms with van der Waals surface area (Å²) in [5.41, 5.74) is 10.6. The van der Waals surface area contributed by atoms with E-state index in [9.17, 15) is 9.59 Å². The predicted molar refractivity (Wildman–Crippen MR) is 72.6 cm³/mol. The number of fused-ring (bicyclic) bond motifs is 1. The molecule has 2 rings (SSSR count). The Morgan fingerprint density at radius 1 is 1.32 bits per heavy atom. The third-order valence-electron chi connectivity index (χ3n) is 2.75. The Hall–Kier alpha value is -2.34. The summed E-state index contributed by atoms with van der Waals surface area (Å²) < 4.78 is 6.45. The highest BCUT2D eigenvalue weighted by Crippen LogP contribution is 2.12. The molecule has 0 fully saturated rings. The summed E-state index contributed by atoms with van der Waals surface area (Å²) in [4.78, 5) is 22.7. The van der Waals surface area contributed by atoms with Crippen LogP contribution in [0.2, 0.25) is 0 Å². The summed E-state index contributed by atoms with van der Waals surface area (Å²) in [6, 6.07) is 8.97. The summed E-state index contributed by atoms with van der Waals surface area (Å²) in [6.07, 6.45) is 0.